The van der Waals surface area contributed by atoms with Crippen molar-refractivity contribution in [1.82, 2.24) is 4.98 Å². The number of carboxylic acids is 1. The number of nitrogens with zero attached hydrogens (tertiary/aromatic N) is 1. The lowest BCUT2D eigenvalue weighted by atomic mass is 9.69. The number of allylic oxidation sites excluding steroid dienone is 1. The smallest absolute Gasteiger partial charge is 0.336 e. The molecule has 1 unspecified atom stereocenters. The predicted molar refractivity (Wildman–Crippen MR) is 119 cm³/mol. The van der Waals surface area contributed by atoms with Crippen molar-refractivity contribution in [3.8, 4) is 0 Å². The second kappa shape index (κ2) is 7.31. The Morgan fingerprint density at radius 1 is 1.14 bits per heavy atom. The summed E-state index contributed by atoms with van der Waals surface area (Å²) in [5.41, 5.74) is 4.87. The number of benzene rings is 2. The van der Waals surface area contributed by atoms with Gasteiger partial charge in [0.1, 0.15) is 0 Å². The van der Waals surface area contributed by atoms with Crippen molar-refractivity contribution in [2.45, 2.75) is 33.6 Å². The Balaban J connectivity index is 2.00. The van der Waals surface area contributed by atoms with Crippen LogP contribution >= 0.6 is 11.6 Å². The highest BCUT2D eigenvalue weighted by molar-refractivity contribution is 6.30. The molecule has 0 fully saturated rings. The summed E-state index contributed by atoms with van der Waals surface area (Å²) in [6.45, 7) is 6.65. The zero-order chi connectivity index (χ0) is 20.8. The maximum absolute atomic E-state index is 12.3. The van der Waals surface area contributed by atoms with Crippen molar-refractivity contribution in [1.29, 1.82) is 0 Å². The molecule has 1 heterocycles. The van der Waals surface area contributed by atoms with E-state index in [1.807, 2.05) is 48.5 Å². The number of aromatic nitrogens is 1. The number of carbonyl (C=O) groups is 1. The van der Waals surface area contributed by atoms with Crippen molar-refractivity contribution in [2.24, 2.45) is 11.3 Å². The molecule has 0 bridgehead atoms. The van der Waals surface area contributed by atoms with Crippen LogP contribution in [0.25, 0.3) is 22.6 Å². The summed E-state index contributed by atoms with van der Waals surface area (Å²) in [6.07, 6.45) is 3.68. The molecule has 1 atom stereocenters. The van der Waals surface area contributed by atoms with E-state index in [0.29, 0.717) is 28.3 Å². The van der Waals surface area contributed by atoms with E-state index in [4.69, 9.17) is 16.6 Å². The molecule has 0 spiro atoms. The molecule has 0 aliphatic heterocycles. The van der Waals surface area contributed by atoms with Gasteiger partial charge in [-0.3, -0.25) is 0 Å². The van der Waals surface area contributed by atoms with Crippen molar-refractivity contribution >= 4 is 40.1 Å². The van der Waals surface area contributed by atoms with Crippen molar-refractivity contribution in [3.05, 3.63) is 75.9 Å². The van der Waals surface area contributed by atoms with Crippen LogP contribution in [0, 0.1) is 11.3 Å². The van der Waals surface area contributed by atoms with E-state index in [0.717, 1.165) is 34.3 Å². The summed E-state index contributed by atoms with van der Waals surface area (Å²) < 4.78 is 0. The zero-order valence-corrected chi connectivity index (χ0v) is 17.6. The van der Waals surface area contributed by atoms with Crippen LogP contribution in [-0.2, 0) is 6.42 Å². The normalized spacial score (nSPS) is 18.1. The van der Waals surface area contributed by atoms with E-state index >= 15 is 0 Å². The lowest BCUT2D eigenvalue weighted by Gasteiger charge is -2.36. The molecule has 148 valence electrons. The number of rotatable bonds is 2. The average Bonchev–Trinajstić information content (AvgIpc) is 2.65. The molecule has 2 aromatic carbocycles. The van der Waals surface area contributed by atoms with Gasteiger partial charge in [-0.05, 0) is 65.1 Å². The highest BCUT2D eigenvalue weighted by Gasteiger charge is 2.35. The largest absolute Gasteiger partial charge is 0.478 e. The summed E-state index contributed by atoms with van der Waals surface area (Å²) in [6, 6.07) is 15.2. The van der Waals surface area contributed by atoms with Gasteiger partial charge in [-0.25, -0.2) is 9.78 Å². The Bertz CT molecular complexity index is 1140. The minimum atomic E-state index is -0.892. The fourth-order valence-corrected chi connectivity index (χ4v) is 4.38. The number of hydrogen-bond donors (Lipinski definition) is 1. The third kappa shape index (κ3) is 3.79. The summed E-state index contributed by atoms with van der Waals surface area (Å²) in [5.74, 6) is -0.571. The fourth-order valence-electron chi connectivity index (χ4n) is 4.18. The van der Waals surface area contributed by atoms with Gasteiger partial charge in [-0.15, -0.1) is 0 Å². The summed E-state index contributed by atoms with van der Waals surface area (Å²) in [5, 5.41) is 11.5. The van der Waals surface area contributed by atoms with Gasteiger partial charge in [0.05, 0.1) is 16.8 Å². The minimum Gasteiger partial charge on any atom is -0.478 e. The molecule has 0 saturated heterocycles. The molecule has 0 radical (unpaired) electrons. The minimum absolute atomic E-state index is 0.0481. The summed E-state index contributed by atoms with van der Waals surface area (Å²) in [7, 11) is 0. The Morgan fingerprint density at radius 3 is 2.59 bits per heavy atom. The SMILES string of the molecule is CC(C)(C)C1C/C(=C/c2cccc(Cl)c2)c2nc3ccccc3c(C(=O)O)c2C1. The number of aromatic carboxylic acids is 1. The predicted octanol–water partition coefficient (Wildman–Crippen LogP) is 6.74. The number of carboxylic acid groups (broad SMARTS) is 1. The second-order valence-electron chi connectivity index (χ2n) is 8.83. The van der Waals surface area contributed by atoms with Gasteiger partial charge < -0.3 is 5.11 Å². The van der Waals surface area contributed by atoms with Gasteiger partial charge in [-0.2, -0.15) is 0 Å². The van der Waals surface area contributed by atoms with Crippen LogP contribution in [-0.4, -0.2) is 16.1 Å². The number of hydrogen-bond acceptors (Lipinski definition) is 2. The molecule has 29 heavy (non-hydrogen) atoms. The summed E-state index contributed by atoms with van der Waals surface area (Å²) in [4.78, 5) is 17.2. The third-order valence-electron chi connectivity index (χ3n) is 5.84. The molecule has 1 aliphatic rings. The lowest BCUT2D eigenvalue weighted by Crippen LogP contribution is -2.28. The molecule has 0 amide bonds. The Morgan fingerprint density at radius 2 is 1.90 bits per heavy atom. The molecule has 3 aromatic rings. The Labute approximate surface area is 176 Å². The maximum atomic E-state index is 12.3. The van der Waals surface area contributed by atoms with Gasteiger partial charge in [0.25, 0.3) is 0 Å². The molecule has 1 N–H and O–H groups in total. The molecule has 1 aromatic heterocycles. The van der Waals surface area contributed by atoms with Crippen LogP contribution in [0.1, 0.15) is 54.4 Å². The zero-order valence-electron chi connectivity index (χ0n) is 16.9. The number of fused-ring (bicyclic) bond motifs is 2. The number of para-hydroxylation sites is 1. The van der Waals surface area contributed by atoms with Crippen LogP contribution < -0.4 is 0 Å². The molecule has 3 nitrogen and oxygen atoms in total. The maximum Gasteiger partial charge on any atom is 0.336 e. The van der Waals surface area contributed by atoms with Crippen LogP contribution in [0.2, 0.25) is 5.02 Å². The van der Waals surface area contributed by atoms with Gasteiger partial charge in [0.15, 0.2) is 0 Å². The molecular weight excluding hydrogens is 382 g/mol. The second-order valence-corrected chi connectivity index (χ2v) is 9.27. The number of pyridine rings is 1. The van der Waals surface area contributed by atoms with Crippen LogP contribution in [0.3, 0.4) is 0 Å². The van der Waals surface area contributed by atoms with E-state index in [-0.39, 0.29) is 5.41 Å². The first kappa shape index (κ1) is 19.7. The van der Waals surface area contributed by atoms with Crippen molar-refractivity contribution in [3.63, 3.8) is 0 Å². The van der Waals surface area contributed by atoms with E-state index < -0.39 is 5.97 Å². The Kier molecular flexibility index (Phi) is 4.95. The van der Waals surface area contributed by atoms with Gasteiger partial charge in [0, 0.05) is 10.4 Å². The molecule has 0 saturated carbocycles. The first-order valence-electron chi connectivity index (χ1n) is 9.85. The average molecular weight is 406 g/mol. The first-order valence-corrected chi connectivity index (χ1v) is 10.2. The highest BCUT2D eigenvalue weighted by atomic mass is 35.5. The topological polar surface area (TPSA) is 50.2 Å². The quantitative estimate of drug-likeness (QED) is 0.513. The standard InChI is InChI=1S/C25H24ClNO2/c1-25(2,3)17-13-16(11-15-7-6-8-18(26)12-15)23-20(14-17)22(24(28)29)19-9-4-5-10-21(19)27-23/h4-12,17H,13-14H2,1-3H3,(H,28,29)/b16-11-. The van der Waals surface area contributed by atoms with Crippen LogP contribution in [0.4, 0.5) is 0 Å². The lowest BCUT2D eigenvalue weighted by molar-refractivity contribution is 0.0696. The van der Waals surface area contributed by atoms with Crippen molar-refractivity contribution in [2.75, 3.05) is 0 Å². The van der Waals surface area contributed by atoms with E-state index in [1.165, 1.54) is 0 Å². The van der Waals surface area contributed by atoms with E-state index in [1.54, 1.807) is 0 Å². The summed E-state index contributed by atoms with van der Waals surface area (Å²) >= 11 is 6.19. The Hall–Kier alpha value is -2.65. The molecule has 4 heteroatoms. The third-order valence-corrected chi connectivity index (χ3v) is 6.08. The van der Waals surface area contributed by atoms with Crippen LogP contribution in [0.5, 0.6) is 0 Å². The number of halogens is 1. The van der Waals surface area contributed by atoms with E-state index in [9.17, 15) is 9.90 Å². The molecule has 4 rings (SSSR count). The van der Waals surface area contributed by atoms with Gasteiger partial charge in [0.2, 0.25) is 0 Å². The molecule has 1 aliphatic carbocycles. The van der Waals surface area contributed by atoms with Gasteiger partial charge >= 0.3 is 5.97 Å². The highest BCUT2D eigenvalue weighted by Crippen LogP contribution is 2.44. The monoisotopic (exact) mass is 405 g/mol. The van der Waals surface area contributed by atoms with Gasteiger partial charge in [-0.1, -0.05) is 62.7 Å². The molecular formula is C25H24ClNO2. The fraction of sp³-hybridized carbons (Fsp3) is 0.280. The van der Waals surface area contributed by atoms with Crippen molar-refractivity contribution < 1.29 is 9.90 Å². The first-order chi connectivity index (χ1) is 13.7. The van der Waals surface area contributed by atoms with Crippen LogP contribution in [0.15, 0.2) is 48.5 Å². The van der Waals surface area contributed by atoms with E-state index in [2.05, 4.69) is 26.8 Å².